The van der Waals surface area contributed by atoms with Gasteiger partial charge in [0, 0.05) is 18.2 Å². The van der Waals surface area contributed by atoms with Crippen LogP contribution < -0.4 is 19.1 Å². The van der Waals surface area contributed by atoms with Crippen LogP contribution in [0.15, 0.2) is 77.7 Å². The molecule has 0 fully saturated rings. The molecule has 0 saturated heterocycles. The quantitative estimate of drug-likeness (QED) is 0.331. The lowest BCUT2D eigenvalue weighted by Crippen LogP contribution is -2.55. The summed E-state index contributed by atoms with van der Waals surface area (Å²) >= 11 is 0. The molecule has 0 saturated carbocycles. The molecule has 1 atom stereocenters. The summed E-state index contributed by atoms with van der Waals surface area (Å²) in [6.45, 7) is 6.63. The Morgan fingerprint density at radius 1 is 0.929 bits per heavy atom. The zero-order valence-corrected chi connectivity index (χ0v) is 25.6. The Balaban J connectivity index is 2.03. The number of carbonyl (C=O) groups excluding carboxylic acids is 2. The third-order valence-corrected chi connectivity index (χ3v) is 8.26. The van der Waals surface area contributed by atoms with Crippen molar-refractivity contribution in [1.29, 1.82) is 0 Å². The predicted molar refractivity (Wildman–Crippen MR) is 160 cm³/mol. The van der Waals surface area contributed by atoms with E-state index in [9.17, 15) is 22.4 Å². The van der Waals surface area contributed by atoms with E-state index in [0.29, 0.717) is 12.2 Å². The zero-order valence-electron chi connectivity index (χ0n) is 24.8. The largest absolute Gasteiger partial charge is 0.493 e. The lowest BCUT2D eigenvalue weighted by atomic mass is 10.1. The van der Waals surface area contributed by atoms with E-state index in [0.717, 1.165) is 22.0 Å². The minimum absolute atomic E-state index is 0.0781. The topological polar surface area (TPSA) is 105 Å². The number of benzene rings is 3. The predicted octanol–water partition coefficient (Wildman–Crippen LogP) is 4.41. The molecule has 226 valence electrons. The molecular formula is C31H38FN3O6S. The summed E-state index contributed by atoms with van der Waals surface area (Å²) in [5.74, 6) is -1.03. The summed E-state index contributed by atoms with van der Waals surface area (Å²) < 4.78 is 53.2. The number of nitrogens with one attached hydrogen (secondary N) is 1. The van der Waals surface area contributed by atoms with Gasteiger partial charge in [-0.1, -0.05) is 30.3 Å². The molecule has 0 aliphatic heterocycles. The Kier molecular flexibility index (Phi) is 10.6. The van der Waals surface area contributed by atoms with Gasteiger partial charge in [-0.3, -0.25) is 13.9 Å². The molecule has 0 unspecified atom stereocenters. The lowest BCUT2D eigenvalue weighted by molar-refractivity contribution is -0.139. The molecule has 9 nitrogen and oxygen atoms in total. The van der Waals surface area contributed by atoms with Crippen molar-refractivity contribution in [2.45, 2.75) is 50.6 Å². The number of ether oxygens (including phenoxy) is 2. The molecule has 0 aromatic heterocycles. The van der Waals surface area contributed by atoms with Crippen molar-refractivity contribution in [2.75, 3.05) is 31.6 Å². The maximum Gasteiger partial charge on any atom is 0.264 e. The highest BCUT2D eigenvalue weighted by molar-refractivity contribution is 7.92. The van der Waals surface area contributed by atoms with E-state index >= 15 is 0 Å². The van der Waals surface area contributed by atoms with Crippen molar-refractivity contribution in [2.24, 2.45) is 0 Å². The average molecular weight is 600 g/mol. The second-order valence-electron chi connectivity index (χ2n) is 10.7. The molecular weight excluding hydrogens is 561 g/mol. The van der Waals surface area contributed by atoms with Gasteiger partial charge in [-0.05, 0) is 76.1 Å². The van der Waals surface area contributed by atoms with Gasteiger partial charge in [-0.2, -0.15) is 0 Å². The molecule has 0 aliphatic carbocycles. The average Bonchev–Trinajstić information content (AvgIpc) is 2.95. The number of amides is 2. The number of sulfonamides is 1. The highest BCUT2D eigenvalue weighted by Crippen LogP contribution is 2.32. The fourth-order valence-corrected chi connectivity index (χ4v) is 5.71. The molecule has 3 rings (SSSR count). The van der Waals surface area contributed by atoms with Crippen LogP contribution in [-0.4, -0.2) is 64.0 Å². The Labute approximate surface area is 247 Å². The summed E-state index contributed by atoms with van der Waals surface area (Å²) in [7, 11) is -1.56. The van der Waals surface area contributed by atoms with Crippen LogP contribution in [0.2, 0.25) is 0 Å². The van der Waals surface area contributed by atoms with Gasteiger partial charge in [-0.15, -0.1) is 0 Å². The molecule has 3 aromatic rings. The summed E-state index contributed by atoms with van der Waals surface area (Å²) in [5, 5.41) is 2.89. The van der Waals surface area contributed by atoms with Gasteiger partial charge in [0.15, 0.2) is 11.5 Å². The number of rotatable bonds is 12. The minimum atomic E-state index is -4.37. The first-order valence-electron chi connectivity index (χ1n) is 13.4. The van der Waals surface area contributed by atoms with E-state index in [2.05, 4.69) is 5.32 Å². The molecule has 1 N–H and O–H groups in total. The van der Waals surface area contributed by atoms with E-state index in [1.165, 1.54) is 49.5 Å². The van der Waals surface area contributed by atoms with Crippen LogP contribution in [0.3, 0.4) is 0 Å². The second kappa shape index (κ2) is 13.7. The first-order chi connectivity index (χ1) is 19.8. The maximum atomic E-state index is 14.0. The monoisotopic (exact) mass is 599 g/mol. The van der Waals surface area contributed by atoms with Crippen LogP contribution in [-0.2, 0) is 26.0 Å². The van der Waals surface area contributed by atoms with E-state index in [1.54, 1.807) is 6.92 Å². The van der Waals surface area contributed by atoms with Crippen molar-refractivity contribution in [1.82, 2.24) is 10.2 Å². The van der Waals surface area contributed by atoms with Gasteiger partial charge in [-0.25, -0.2) is 12.8 Å². The first kappa shape index (κ1) is 32.4. The SMILES string of the molecule is COc1ccc(S(=O)(=O)N(CC(=O)N(CCc2ccccc2)[C@H](C)C(=O)NC(C)(C)C)c2ccc(F)cc2)cc1OC. The Bertz CT molecular complexity index is 1470. The Morgan fingerprint density at radius 2 is 1.55 bits per heavy atom. The number of methoxy groups -OCH3 is 2. The zero-order chi connectivity index (χ0) is 31.1. The van der Waals surface area contributed by atoms with Crippen LogP contribution in [0.5, 0.6) is 11.5 Å². The highest BCUT2D eigenvalue weighted by Gasteiger charge is 2.33. The van der Waals surface area contributed by atoms with Crippen molar-refractivity contribution in [3.05, 3.63) is 84.2 Å². The number of halogens is 1. The molecule has 0 bridgehead atoms. The van der Waals surface area contributed by atoms with E-state index < -0.39 is 39.9 Å². The number of hydrogen-bond acceptors (Lipinski definition) is 6. The lowest BCUT2D eigenvalue weighted by Gasteiger charge is -2.33. The van der Waals surface area contributed by atoms with Gasteiger partial charge < -0.3 is 19.7 Å². The second-order valence-corrected chi connectivity index (χ2v) is 12.6. The van der Waals surface area contributed by atoms with Crippen molar-refractivity contribution < 1.29 is 31.9 Å². The van der Waals surface area contributed by atoms with E-state index in [1.807, 2.05) is 51.1 Å². The first-order valence-corrected chi connectivity index (χ1v) is 14.9. The van der Waals surface area contributed by atoms with Crippen LogP contribution >= 0.6 is 0 Å². The number of hydrogen-bond donors (Lipinski definition) is 1. The summed E-state index contributed by atoms with van der Waals surface area (Å²) in [5.41, 5.74) is 0.484. The fourth-order valence-electron chi connectivity index (χ4n) is 4.28. The van der Waals surface area contributed by atoms with Crippen LogP contribution in [0, 0.1) is 5.82 Å². The van der Waals surface area contributed by atoms with Crippen LogP contribution in [0.1, 0.15) is 33.3 Å². The summed E-state index contributed by atoms with van der Waals surface area (Å²) in [6.07, 6.45) is 0.443. The van der Waals surface area contributed by atoms with Crippen molar-refractivity contribution in [3.63, 3.8) is 0 Å². The van der Waals surface area contributed by atoms with E-state index in [-0.39, 0.29) is 28.8 Å². The molecule has 3 aromatic carbocycles. The molecule has 0 aliphatic rings. The van der Waals surface area contributed by atoms with Gasteiger partial charge in [0.1, 0.15) is 18.4 Å². The number of nitrogens with zero attached hydrogens (tertiary/aromatic N) is 2. The third kappa shape index (κ3) is 8.22. The highest BCUT2D eigenvalue weighted by atomic mass is 32.2. The number of anilines is 1. The summed E-state index contributed by atoms with van der Waals surface area (Å²) in [6, 6.07) is 17.4. The van der Waals surface area contributed by atoms with Gasteiger partial charge in [0.2, 0.25) is 11.8 Å². The smallest absolute Gasteiger partial charge is 0.264 e. The standard InChI is InChI=1S/C31H38FN3O6S/c1-22(30(37)33-31(2,3)4)34(19-18-23-10-8-7-9-11-23)29(36)21-35(25-14-12-24(32)13-15-25)42(38,39)26-16-17-27(40-5)28(20-26)41-6/h7-17,20,22H,18-19,21H2,1-6H3,(H,33,37)/t22-/m1/s1. The molecule has 2 amide bonds. The van der Waals surface area contributed by atoms with Crippen LogP contribution in [0.4, 0.5) is 10.1 Å². The van der Waals surface area contributed by atoms with Crippen LogP contribution in [0.25, 0.3) is 0 Å². The van der Waals surface area contributed by atoms with E-state index in [4.69, 9.17) is 9.47 Å². The Morgan fingerprint density at radius 3 is 2.12 bits per heavy atom. The Hall–Kier alpha value is -4.12. The summed E-state index contributed by atoms with van der Waals surface area (Å²) in [4.78, 5) is 28.3. The minimum Gasteiger partial charge on any atom is -0.493 e. The van der Waals surface area contributed by atoms with Gasteiger partial charge >= 0.3 is 0 Å². The van der Waals surface area contributed by atoms with Crippen molar-refractivity contribution in [3.8, 4) is 11.5 Å². The molecule has 11 heteroatoms. The van der Waals surface area contributed by atoms with Gasteiger partial charge in [0.05, 0.1) is 24.8 Å². The number of carbonyl (C=O) groups is 2. The van der Waals surface area contributed by atoms with Gasteiger partial charge in [0.25, 0.3) is 10.0 Å². The molecule has 0 radical (unpaired) electrons. The molecule has 42 heavy (non-hydrogen) atoms. The normalized spacial score (nSPS) is 12.3. The fraction of sp³-hybridized carbons (Fsp3) is 0.355. The maximum absolute atomic E-state index is 14.0. The third-order valence-electron chi connectivity index (χ3n) is 6.49. The molecule has 0 spiro atoms. The molecule has 0 heterocycles. The van der Waals surface area contributed by atoms with Crippen molar-refractivity contribution >= 4 is 27.5 Å².